The van der Waals surface area contributed by atoms with E-state index >= 15 is 0 Å². The SMILES string of the molecule is COc1cc(N2CCOCC2)ccc1-c1cc2c(O)cc3c(c2cc1CO)-c1ccccc1C31CC(C)(C)CC(C)(C)C1. The van der Waals surface area contributed by atoms with Gasteiger partial charge >= 0.3 is 0 Å². The standard InChI is InChI=1S/C38H43NO4/c1-36(2)21-37(3,4)23-38(22-36)31-9-7-6-8-27(31)35-30-16-24(20-40)28(18-29(30)33(41)19-32(35)38)26-11-10-25(17-34(26)42-5)39-12-14-43-15-13-39/h6-11,16-19,40-41H,12-15,20-23H2,1-5H3. The number of aliphatic hydroxyl groups is 1. The first-order chi connectivity index (χ1) is 20.6. The van der Waals surface area contributed by atoms with Crippen molar-refractivity contribution < 1.29 is 19.7 Å². The van der Waals surface area contributed by atoms with E-state index in [1.54, 1.807) is 7.11 Å². The second-order valence-electron chi connectivity index (χ2n) is 14.5. The maximum Gasteiger partial charge on any atom is 0.128 e. The van der Waals surface area contributed by atoms with Crippen LogP contribution in [0.2, 0.25) is 0 Å². The van der Waals surface area contributed by atoms with Crippen LogP contribution >= 0.6 is 0 Å². The van der Waals surface area contributed by atoms with Crippen LogP contribution in [0.4, 0.5) is 5.69 Å². The van der Waals surface area contributed by atoms with Crippen molar-refractivity contribution >= 4 is 16.5 Å². The number of benzene rings is 4. The highest BCUT2D eigenvalue weighted by Crippen LogP contribution is 2.64. The lowest BCUT2D eigenvalue weighted by Gasteiger charge is -2.51. The van der Waals surface area contributed by atoms with Crippen molar-refractivity contribution in [3.05, 3.63) is 77.4 Å². The monoisotopic (exact) mass is 577 g/mol. The van der Waals surface area contributed by atoms with Crippen molar-refractivity contribution in [3.8, 4) is 33.8 Å². The zero-order valence-corrected chi connectivity index (χ0v) is 26.1. The summed E-state index contributed by atoms with van der Waals surface area (Å²) >= 11 is 0. The average molecular weight is 578 g/mol. The van der Waals surface area contributed by atoms with Crippen LogP contribution < -0.4 is 9.64 Å². The van der Waals surface area contributed by atoms with Gasteiger partial charge in [0.05, 0.1) is 26.9 Å². The Morgan fingerprint density at radius 3 is 2.21 bits per heavy atom. The van der Waals surface area contributed by atoms with Gasteiger partial charge in [0.1, 0.15) is 11.5 Å². The fourth-order valence-corrected chi connectivity index (χ4v) is 9.23. The molecule has 1 aliphatic heterocycles. The highest BCUT2D eigenvalue weighted by atomic mass is 16.5. The molecule has 0 amide bonds. The van der Waals surface area contributed by atoms with E-state index < -0.39 is 0 Å². The Kier molecular flexibility index (Phi) is 6.57. The molecule has 0 aromatic heterocycles. The second kappa shape index (κ2) is 10.0. The van der Waals surface area contributed by atoms with Crippen molar-refractivity contribution in [3.63, 3.8) is 0 Å². The number of phenols is 1. The van der Waals surface area contributed by atoms with Gasteiger partial charge in [0.25, 0.3) is 0 Å². The van der Waals surface area contributed by atoms with Gasteiger partial charge in [0.2, 0.25) is 0 Å². The van der Waals surface area contributed by atoms with Crippen molar-refractivity contribution in [1.82, 2.24) is 0 Å². The summed E-state index contributed by atoms with van der Waals surface area (Å²) in [6.45, 7) is 12.6. The molecule has 1 spiro atoms. The van der Waals surface area contributed by atoms with Gasteiger partial charge < -0.3 is 24.6 Å². The van der Waals surface area contributed by atoms with Crippen LogP contribution in [0.5, 0.6) is 11.5 Å². The quantitative estimate of drug-likeness (QED) is 0.257. The largest absolute Gasteiger partial charge is 0.507 e. The highest BCUT2D eigenvalue weighted by Gasteiger charge is 2.53. The average Bonchev–Trinajstić information content (AvgIpc) is 3.23. The third kappa shape index (κ3) is 4.51. The van der Waals surface area contributed by atoms with Gasteiger partial charge in [0.15, 0.2) is 0 Å². The van der Waals surface area contributed by atoms with Crippen molar-refractivity contribution in [1.29, 1.82) is 0 Å². The van der Waals surface area contributed by atoms with E-state index in [-0.39, 0.29) is 28.6 Å². The van der Waals surface area contributed by atoms with Crippen LogP contribution in [-0.2, 0) is 16.8 Å². The number of rotatable bonds is 4. The number of morpholine rings is 1. The summed E-state index contributed by atoms with van der Waals surface area (Å²) in [5.41, 5.74) is 8.88. The summed E-state index contributed by atoms with van der Waals surface area (Å²) in [6.07, 6.45) is 3.25. The molecule has 4 aromatic rings. The minimum atomic E-state index is -0.167. The molecule has 224 valence electrons. The molecule has 1 saturated heterocycles. The van der Waals surface area contributed by atoms with E-state index in [1.807, 2.05) is 6.07 Å². The lowest BCUT2D eigenvalue weighted by Crippen LogP contribution is -2.43. The van der Waals surface area contributed by atoms with Crippen LogP contribution in [-0.4, -0.2) is 43.6 Å². The lowest BCUT2D eigenvalue weighted by atomic mass is 9.52. The van der Waals surface area contributed by atoms with Crippen molar-refractivity contribution in [2.75, 3.05) is 38.3 Å². The summed E-state index contributed by atoms with van der Waals surface area (Å²) in [7, 11) is 1.69. The number of anilines is 1. The Hall–Kier alpha value is -3.54. The molecule has 5 heteroatoms. The van der Waals surface area contributed by atoms with Crippen molar-refractivity contribution in [2.24, 2.45) is 10.8 Å². The van der Waals surface area contributed by atoms with E-state index in [9.17, 15) is 10.2 Å². The van der Waals surface area contributed by atoms with Crippen LogP contribution in [0, 0.1) is 10.8 Å². The maximum atomic E-state index is 11.8. The Balaban J connectivity index is 1.44. The lowest BCUT2D eigenvalue weighted by molar-refractivity contribution is 0.0645. The molecule has 5 nitrogen and oxygen atoms in total. The third-order valence-electron chi connectivity index (χ3n) is 10.1. The molecular formula is C38H43NO4. The molecule has 0 unspecified atom stereocenters. The molecule has 2 aliphatic carbocycles. The van der Waals surface area contributed by atoms with Gasteiger partial charge in [-0.1, -0.05) is 52.0 Å². The predicted molar refractivity (Wildman–Crippen MR) is 174 cm³/mol. The summed E-state index contributed by atoms with van der Waals surface area (Å²) in [4.78, 5) is 2.30. The smallest absolute Gasteiger partial charge is 0.128 e. The number of ether oxygens (including phenoxy) is 2. The molecule has 2 N–H and O–H groups in total. The minimum absolute atomic E-state index is 0.114. The normalized spacial score (nSPS) is 19.8. The van der Waals surface area contributed by atoms with Gasteiger partial charge in [-0.3, -0.25) is 0 Å². The molecule has 3 aliphatic rings. The number of phenolic OH excluding ortho intramolecular Hbond substituents is 1. The fraction of sp³-hybridized carbons (Fsp3) is 0.421. The number of hydrogen-bond donors (Lipinski definition) is 2. The number of aliphatic hydroxyl groups excluding tert-OH is 1. The zero-order valence-electron chi connectivity index (χ0n) is 26.1. The van der Waals surface area contributed by atoms with E-state index in [0.29, 0.717) is 13.2 Å². The van der Waals surface area contributed by atoms with Crippen LogP contribution in [0.15, 0.2) is 60.7 Å². The Labute approximate surface area is 255 Å². The maximum absolute atomic E-state index is 11.8. The van der Waals surface area contributed by atoms with E-state index in [2.05, 4.69) is 87.2 Å². The van der Waals surface area contributed by atoms with Gasteiger partial charge in [-0.15, -0.1) is 0 Å². The molecule has 2 fully saturated rings. The molecule has 7 rings (SSSR count). The first-order valence-electron chi connectivity index (χ1n) is 15.6. The van der Waals surface area contributed by atoms with E-state index in [4.69, 9.17) is 9.47 Å². The highest BCUT2D eigenvalue weighted by molar-refractivity contribution is 6.07. The molecule has 0 bridgehead atoms. The number of methoxy groups -OCH3 is 1. The van der Waals surface area contributed by atoms with Gasteiger partial charge in [-0.25, -0.2) is 0 Å². The summed E-state index contributed by atoms with van der Waals surface area (Å²) < 4.78 is 11.4. The summed E-state index contributed by atoms with van der Waals surface area (Å²) in [6, 6.07) is 21.3. The molecule has 0 atom stereocenters. The number of aromatic hydroxyl groups is 1. The molecular weight excluding hydrogens is 534 g/mol. The third-order valence-corrected chi connectivity index (χ3v) is 10.1. The Morgan fingerprint density at radius 2 is 1.51 bits per heavy atom. The molecule has 0 radical (unpaired) electrons. The number of nitrogens with zero attached hydrogens (tertiary/aromatic N) is 1. The van der Waals surface area contributed by atoms with E-state index in [1.165, 1.54) is 28.7 Å². The van der Waals surface area contributed by atoms with Crippen molar-refractivity contribution in [2.45, 2.75) is 59.0 Å². The first kappa shape index (κ1) is 28.2. The fourth-order valence-electron chi connectivity index (χ4n) is 9.23. The second-order valence-corrected chi connectivity index (χ2v) is 14.5. The topological polar surface area (TPSA) is 62.2 Å². The molecule has 43 heavy (non-hydrogen) atoms. The molecule has 1 saturated carbocycles. The number of fused-ring (bicyclic) bond motifs is 7. The van der Waals surface area contributed by atoms with Crippen LogP contribution in [0.1, 0.15) is 63.6 Å². The first-order valence-corrected chi connectivity index (χ1v) is 15.6. The van der Waals surface area contributed by atoms with Gasteiger partial charge in [0, 0.05) is 41.2 Å². The van der Waals surface area contributed by atoms with Crippen LogP contribution in [0.25, 0.3) is 33.0 Å². The Morgan fingerprint density at radius 1 is 0.791 bits per heavy atom. The summed E-state index contributed by atoms with van der Waals surface area (Å²) in [5.74, 6) is 1.03. The predicted octanol–water partition coefficient (Wildman–Crippen LogP) is 8.05. The zero-order chi connectivity index (χ0) is 30.1. The van der Waals surface area contributed by atoms with Gasteiger partial charge in [-0.05, 0) is 99.2 Å². The molecule has 1 heterocycles. The summed E-state index contributed by atoms with van der Waals surface area (Å²) in [5, 5.41) is 24.3. The van der Waals surface area contributed by atoms with Crippen LogP contribution in [0.3, 0.4) is 0 Å². The molecule has 4 aromatic carbocycles. The minimum Gasteiger partial charge on any atom is -0.507 e. The van der Waals surface area contributed by atoms with E-state index in [0.717, 1.165) is 64.8 Å². The number of hydrogen-bond acceptors (Lipinski definition) is 5. The van der Waals surface area contributed by atoms with Gasteiger partial charge in [-0.2, -0.15) is 0 Å². The Bertz CT molecular complexity index is 1710.